The minimum Gasteiger partial charge on any atom is -0.394 e. The highest BCUT2D eigenvalue weighted by atomic mass is 28.3. The molecule has 0 unspecified atom stereocenters. The summed E-state index contributed by atoms with van der Waals surface area (Å²) in [5, 5.41) is 10.2. The standard InChI is InChI=1S/C15H32O3Si/c1-13(2,3)19(14(4,5)6)10-12-11(9-16)17-15(7,8)18-12/h11-12,16,19H,9-10H2,1-8H3/t11-,12-/m1/s1. The van der Waals surface area contributed by atoms with Gasteiger partial charge in [0.15, 0.2) is 5.79 Å². The van der Waals surface area contributed by atoms with Crippen molar-refractivity contribution in [3.8, 4) is 0 Å². The third-order valence-corrected chi connectivity index (χ3v) is 9.14. The largest absolute Gasteiger partial charge is 0.394 e. The monoisotopic (exact) mass is 288 g/mol. The van der Waals surface area contributed by atoms with Gasteiger partial charge in [0.2, 0.25) is 0 Å². The molecule has 0 bridgehead atoms. The molecule has 19 heavy (non-hydrogen) atoms. The van der Waals surface area contributed by atoms with Crippen molar-refractivity contribution >= 4 is 8.80 Å². The van der Waals surface area contributed by atoms with Crippen LogP contribution in [0.4, 0.5) is 0 Å². The summed E-state index contributed by atoms with van der Waals surface area (Å²) in [6, 6.07) is 1.06. The van der Waals surface area contributed by atoms with E-state index in [1.54, 1.807) is 0 Å². The average molecular weight is 289 g/mol. The minimum atomic E-state index is -1.09. The molecule has 114 valence electrons. The zero-order chi connectivity index (χ0) is 15.1. The van der Waals surface area contributed by atoms with Gasteiger partial charge in [-0.15, -0.1) is 0 Å². The quantitative estimate of drug-likeness (QED) is 0.810. The maximum absolute atomic E-state index is 9.50. The Morgan fingerprint density at radius 3 is 1.74 bits per heavy atom. The fourth-order valence-corrected chi connectivity index (χ4v) is 8.38. The summed E-state index contributed by atoms with van der Waals surface area (Å²) in [5.74, 6) is -0.563. The lowest BCUT2D eigenvalue weighted by molar-refractivity contribution is -0.148. The van der Waals surface area contributed by atoms with Crippen LogP contribution in [-0.4, -0.2) is 38.5 Å². The maximum Gasteiger partial charge on any atom is 0.163 e. The molecule has 0 aromatic carbocycles. The average Bonchev–Trinajstić information content (AvgIpc) is 2.46. The molecule has 0 aromatic rings. The van der Waals surface area contributed by atoms with Crippen LogP contribution in [0.2, 0.25) is 16.1 Å². The van der Waals surface area contributed by atoms with Crippen LogP contribution < -0.4 is 0 Å². The van der Waals surface area contributed by atoms with Crippen LogP contribution in [0.15, 0.2) is 0 Å². The van der Waals surface area contributed by atoms with E-state index >= 15 is 0 Å². The van der Waals surface area contributed by atoms with E-state index in [2.05, 4.69) is 41.5 Å². The molecule has 2 atom stereocenters. The lowest BCUT2D eigenvalue weighted by atomic mass is 10.2. The number of aliphatic hydroxyl groups is 1. The summed E-state index contributed by atoms with van der Waals surface area (Å²) < 4.78 is 11.8. The highest BCUT2D eigenvalue weighted by Gasteiger charge is 2.46. The Balaban J connectivity index is 2.86. The highest BCUT2D eigenvalue weighted by molar-refractivity contribution is 6.65. The van der Waals surface area contributed by atoms with Crippen molar-refractivity contribution in [2.45, 2.75) is 89.5 Å². The van der Waals surface area contributed by atoms with Crippen LogP contribution in [0.5, 0.6) is 0 Å². The molecule has 0 aromatic heterocycles. The van der Waals surface area contributed by atoms with Crippen LogP contribution >= 0.6 is 0 Å². The van der Waals surface area contributed by atoms with Gasteiger partial charge in [0.05, 0.1) is 21.5 Å². The van der Waals surface area contributed by atoms with E-state index in [9.17, 15) is 5.11 Å². The van der Waals surface area contributed by atoms with Gasteiger partial charge in [-0.25, -0.2) is 0 Å². The Morgan fingerprint density at radius 2 is 1.37 bits per heavy atom. The molecule has 0 radical (unpaired) electrons. The zero-order valence-electron chi connectivity index (χ0n) is 13.9. The Hall–Kier alpha value is 0.0969. The third kappa shape index (κ3) is 4.55. The minimum absolute atomic E-state index is 0.0371. The number of rotatable bonds is 3. The topological polar surface area (TPSA) is 38.7 Å². The first-order chi connectivity index (χ1) is 8.37. The van der Waals surface area contributed by atoms with Crippen LogP contribution in [0.25, 0.3) is 0 Å². The SMILES string of the molecule is CC1(C)O[C@H](CO)[C@@H](C[SiH](C(C)(C)C)C(C)(C)C)O1. The van der Waals surface area contributed by atoms with E-state index in [0.29, 0.717) is 10.1 Å². The third-order valence-electron chi connectivity index (χ3n) is 4.02. The van der Waals surface area contributed by atoms with E-state index < -0.39 is 14.6 Å². The van der Waals surface area contributed by atoms with Crippen molar-refractivity contribution < 1.29 is 14.6 Å². The van der Waals surface area contributed by atoms with E-state index in [-0.39, 0.29) is 18.8 Å². The Morgan fingerprint density at radius 1 is 0.947 bits per heavy atom. The molecule has 0 amide bonds. The van der Waals surface area contributed by atoms with Crippen LogP contribution in [0.1, 0.15) is 55.4 Å². The van der Waals surface area contributed by atoms with Crippen LogP contribution in [0.3, 0.4) is 0 Å². The van der Waals surface area contributed by atoms with Crippen LogP contribution in [-0.2, 0) is 9.47 Å². The number of ether oxygens (including phenoxy) is 2. The summed E-state index contributed by atoms with van der Waals surface area (Å²) in [7, 11) is -1.09. The Labute approximate surface area is 120 Å². The van der Waals surface area contributed by atoms with Crippen molar-refractivity contribution in [2.75, 3.05) is 6.61 Å². The molecule has 1 saturated heterocycles. The normalized spacial score (nSPS) is 28.1. The molecule has 1 N–H and O–H groups in total. The first-order valence-electron chi connectivity index (χ1n) is 7.33. The van der Waals surface area contributed by atoms with Gasteiger partial charge in [0, 0.05) is 0 Å². The van der Waals surface area contributed by atoms with Crippen molar-refractivity contribution in [3.05, 3.63) is 0 Å². The zero-order valence-corrected chi connectivity index (χ0v) is 15.1. The maximum atomic E-state index is 9.50. The number of aliphatic hydroxyl groups excluding tert-OH is 1. The van der Waals surface area contributed by atoms with Crippen molar-refractivity contribution in [1.82, 2.24) is 0 Å². The van der Waals surface area contributed by atoms with E-state index in [0.717, 1.165) is 6.04 Å². The van der Waals surface area contributed by atoms with Crippen molar-refractivity contribution in [3.63, 3.8) is 0 Å². The predicted molar refractivity (Wildman–Crippen MR) is 82.3 cm³/mol. The van der Waals surface area contributed by atoms with Gasteiger partial charge in [0.1, 0.15) is 6.10 Å². The number of hydrogen-bond donors (Lipinski definition) is 1. The van der Waals surface area contributed by atoms with Gasteiger partial charge in [-0.3, -0.25) is 0 Å². The Bertz CT molecular complexity index is 287. The fraction of sp³-hybridized carbons (Fsp3) is 1.00. The second kappa shape index (κ2) is 5.47. The lowest BCUT2D eigenvalue weighted by Crippen LogP contribution is -2.41. The van der Waals surface area contributed by atoms with Gasteiger partial charge in [0.25, 0.3) is 0 Å². The van der Waals surface area contributed by atoms with Gasteiger partial charge in [-0.05, 0) is 30.0 Å². The molecular weight excluding hydrogens is 256 g/mol. The smallest absolute Gasteiger partial charge is 0.163 e. The van der Waals surface area contributed by atoms with E-state index in [4.69, 9.17) is 9.47 Å². The second-order valence-electron chi connectivity index (χ2n) is 8.42. The first-order valence-corrected chi connectivity index (χ1v) is 9.30. The molecule has 1 fully saturated rings. The summed E-state index contributed by atoms with van der Waals surface area (Å²) in [5.41, 5.74) is 0. The summed E-state index contributed by atoms with van der Waals surface area (Å²) >= 11 is 0. The first kappa shape index (κ1) is 17.1. The molecule has 3 nitrogen and oxygen atoms in total. The molecule has 1 aliphatic rings. The summed E-state index contributed by atoms with van der Waals surface area (Å²) in [4.78, 5) is 0. The van der Waals surface area contributed by atoms with Crippen molar-refractivity contribution in [1.29, 1.82) is 0 Å². The van der Waals surface area contributed by atoms with Gasteiger partial charge in [-0.1, -0.05) is 41.5 Å². The molecule has 0 spiro atoms. The number of hydrogen-bond acceptors (Lipinski definition) is 3. The van der Waals surface area contributed by atoms with Gasteiger partial charge in [-0.2, -0.15) is 0 Å². The predicted octanol–water partition coefficient (Wildman–Crippen LogP) is 3.33. The molecule has 1 heterocycles. The van der Waals surface area contributed by atoms with Crippen molar-refractivity contribution in [2.24, 2.45) is 0 Å². The highest BCUT2D eigenvalue weighted by Crippen LogP contribution is 2.46. The van der Waals surface area contributed by atoms with E-state index in [1.807, 2.05) is 13.8 Å². The molecule has 0 aliphatic carbocycles. The molecule has 1 rings (SSSR count). The fourth-order valence-electron chi connectivity index (χ4n) is 3.50. The van der Waals surface area contributed by atoms with Gasteiger partial charge < -0.3 is 14.6 Å². The van der Waals surface area contributed by atoms with Gasteiger partial charge >= 0.3 is 0 Å². The molecular formula is C15H32O3Si. The summed E-state index contributed by atoms with van der Waals surface area (Å²) in [6.45, 7) is 17.9. The Kier molecular flexibility index (Phi) is 4.94. The molecule has 1 aliphatic heterocycles. The van der Waals surface area contributed by atoms with Crippen LogP contribution in [0, 0.1) is 0 Å². The van der Waals surface area contributed by atoms with E-state index in [1.165, 1.54) is 0 Å². The second-order valence-corrected chi connectivity index (χ2v) is 13.5. The lowest BCUT2D eigenvalue weighted by Gasteiger charge is -2.41. The summed E-state index contributed by atoms with van der Waals surface area (Å²) in [6.07, 6.45) is -0.134. The molecule has 0 saturated carbocycles. The molecule has 4 heteroatoms.